The lowest BCUT2D eigenvalue weighted by Crippen LogP contribution is -2.52. The Morgan fingerprint density at radius 2 is 2.22 bits per heavy atom. The minimum absolute atomic E-state index is 0.215. The van der Waals surface area contributed by atoms with Crippen LogP contribution in [-0.4, -0.2) is 23.9 Å². The number of carbonyl (C=O) groups is 2. The molecule has 2 N–H and O–H groups in total. The molecule has 1 saturated heterocycles. The van der Waals surface area contributed by atoms with Crippen LogP contribution in [0.4, 0.5) is 4.79 Å². The Morgan fingerprint density at radius 3 is 2.67 bits per heavy atom. The third-order valence-electron chi connectivity index (χ3n) is 0.963. The summed E-state index contributed by atoms with van der Waals surface area (Å²) in [6.45, 7) is 0.215. The number of hydrogen-bond acceptors (Lipinski definition) is 2. The number of hydrogen-bond donors (Lipinski definition) is 2. The zero-order chi connectivity index (χ0) is 6.85. The molecule has 1 aliphatic heterocycles. The van der Waals surface area contributed by atoms with Crippen LogP contribution >= 0.6 is 11.6 Å². The van der Waals surface area contributed by atoms with Gasteiger partial charge >= 0.3 is 6.03 Å². The molecule has 0 aromatic heterocycles. The zero-order valence-electron chi connectivity index (χ0n) is 4.48. The van der Waals surface area contributed by atoms with Crippen LogP contribution in [-0.2, 0) is 4.79 Å². The number of carbonyl (C=O) groups excluding carboxylic acids is 2. The fraction of sp³-hybridized carbons (Fsp3) is 0.500. The maximum absolute atomic E-state index is 10.5. The van der Waals surface area contributed by atoms with Crippen molar-refractivity contribution in [2.45, 2.75) is 5.38 Å². The normalized spacial score (nSPS) is 27.0. The Morgan fingerprint density at radius 1 is 1.56 bits per heavy atom. The summed E-state index contributed by atoms with van der Waals surface area (Å²) >= 11 is 5.41. The molecule has 0 bridgehead atoms. The molecule has 0 saturated carbocycles. The van der Waals surface area contributed by atoms with E-state index in [1.54, 1.807) is 0 Å². The summed E-state index contributed by atoms with van der Waals surface area (Å²) in [6, 6.07) is -0.475. The first kappa shape index (κ1) is 6.35. The van der Waals surface area contributed by atoms with Gasteiger partial charge in [-0.25, -0.2) is 4.79 Å². The molecule has 9 heavy (non-hydrogen) atoms. The molecule has 3 amide bonds. The Hall–Kier alpha value is -0.770. The monoisotopic (exact) mass is 148 g/mol. The molecule has 1 heterocycles. The van der Waals surface area contributed by atoms with Crippen molar-refractivity contribution >= 4 is 23.5 Å². The van der Waals surface area contributed by atoms with Crippen LogP contribution in [0.2, 0.25) is 0 Å². The Kier molecular flexibility index (Phi) is 1.57. The topological polar surface area (TPSA) is 58.2 Å². The van der Waals surface area contributed by atoms with Crippen molar-refractivity contribution in [3.05, 3.63) is 0 Å². The van der Waals surface area contributed by atoms with E-state index in [0.29, 0.717) is 0 Å². The zero-order valence-corrected chi connectivity index (χ0v) is 5.23. The van der Waals surface area contributed by atoms with Gasteiger partial charge in [-0.15, -0.1) is 11.6 Å². The van der Waals surface area contributed by atoms with Crippen LogP contribution in [0.5, 0.6) is 0 Å². The van der Waals surface area contributed by atoms with E-state index in [9.17, 15) is 9.59 Å². The summed E-state index contributed by atoms with van der Waals surface area (Å²) in [4.78, 5) is 20.8. The Bertz CT molecular complexity index is 159. The molecule has 50 valence electrons. The quantitative estimate of drug-likeness (QED) is 0.452. The molecule has 4 nitrogen and oxygen atoms in total. The van der Waals surface area contributed by atoms with Gasteiger partial charge in [0, 0.05) is 6.54 Å². The summed E-state index contributed by atoms with van der Waals surface area (Å²) < 4.78 is 0. The van der Waals surface area contributed by atoms with Crippen molar-refractivity contribution in [1.29, 1.82) is 0 Å². The van der Waals surface area contributed by atoms with Crippen LogP contribution in [0, 0.1) is 0 Å². The number of amides is 3. The molecule has 0 aromatic rings. The highest BCUT2D eigenvalue weighted by molar-refractivity contribution is 6.32. The van der Waals surface area contributed by atoms with E-state index in [4.69, 9.17) is 11.6 Å². The van der Waals surface area contributed by atoms with Gasteiger partial charge in [0.2, 0.25) is 5.91 Å². The number of rotatable bonds is 0. The molecular formula is C4H5ClN2O2. The Balaban J connectivity index is 2.54. The summed E-state index contributed by atoms with van der Waals surface area (Å²) in [6.07, 6.45) is 0. The molecule has 1 aliphatic rings. The van der Waals surface area contributed by atoms with E-state index in [0.717, 1.165) is 0 Å². The third kappa shape index (κ3) is 1.32. The van der Waals surface area contributed by atoms with Gasteiger partial charge in [0.25, 0.3) is 0 Å². The lowest BCUT2D eigenvalue weighted by molar-refractivity contribution is -0.120. The molecule has 1 rings (SSSR count). The maximum atomic E-state index is 10.5. The highest BCUT2D eigenvalue weighted by atomic mass is 35.5. The Labute approximate surface area is 56.6 Å². The largest absolute Gasteiger partial charge is 0.336 e. The van der Waals surface area contributed by atoms with E-state index in [-0.39, 0.29) is 6.54 Å². The predicted octanol–water partition coefficient (Wildman–Crippen LogP) is -0.567. The summed E-state index contributed by atoms with van der Waals surface area (Å²) in [5.41, 5.74) is 0. The second-order valence-corrected chi connectivity index (χ2v) is 2.19. The first-order valence-corrected chi connectivity index (χ1v) is 2.86. The average molecular weight is 149 g/mol. The minimum Gasteiger partial charge on any atom is -0.336 e. The van der Waals surface area contributed by atoms with Gasteiger partial charge in [0.15, 0.2) is 0 Å². The van der Waals surface area contributed by atoms with Gasteiger partial charge in [0.05, 0.1) is 0 Å². The molecule has 5 heteroatoms. The van der Waals surface area contributed by atoms with Gasteiger partial charge in [-0.05, 0) is 0 Å². The fourth-order valence-corrected chi connectivity index (χ4v) is 0.641. The van der Waals surface area contributed by atoms with Crippen molar-refractivity contribution < 1.29 is 9.59 Å². The number of alkyl halides is 1. The summed E-state index contributed by atoms with van der Waals surface area (Å²) in [5.74, 6) is -0.430. The molecule has 0 unspecified atom stereocenters. The lowest BCUT2D eigenvalue weighted by atomic mass is 10.3. The molecule has 0 spiro atoms. The van der Waals surface area contributed by atoms with Crippen molar-refractivity contribution in [3.8, 4) is 0 Å². The lowest BCUT2D eigenvalue weighted by Gasteiger charge is -2.15. The fourth-order valence-electron chi connectivity index (χ4n) is 0.509. The molecular weight excluding hydrogens is 144 g/mol. The first-order chi connectivity index (χ1) is 4.20. The molecule has 1 fully saturated rings. The van der Waals surface area contributed by atoms with Crippen molar-refractivity contribution in [2.24, 2.45) is 0 Å². The smallest absolute Gasteiger partial charge is 0.321 e. The summed E-state index contributed by atoms with van der Waals surface area (Å²) in [5, 5.41) is 3.74. The van der Waals surface area contributed by atoms with Crippen molar-refractivity contribution in [2.75, 3.05) is 6.54 Å². The van der Waals surface area contributed by atoms with E-state index >= 15 is 0 Å². The number of imide groups is 1. The number of nitrogens with one attached hydrogen (secondary N) is 2. The maximum Gasteiger partial charge on any atom is 0.321 e. The highest BCUT2D eigenvalue weighted by Gasteiger charge is 2.22. The van der Waals surface area contributed by atoms with Gasteiger partial charge in [-0.2, -0.15) is 0 Å². The highest BCUT2D eigenvalue weighted by Crippen LogP contribution is 1.96. The first-order valence-electron chi connectivity index (χ1n) is 2.43. The van der Waals surface area contributed by atoms with Crippen LogP contribution in [0.25, 0.3) is 0 Å². The van der Waals surface area contributed by atoms with E-state index in [2.05, 4.69) is 5.32 Å². The van der Waals surface area contributed by atoms with Crippen LogP contribution in [0.15, 0.2) is 0 Å². The number of urea groups is 1. The van der Waals surface area contributed by atoms with E-state index in [1.807, 2.05) is 5.32 Å². The SMILES string of the molecule is O=C1NC[C@@H](Cl)C(=O)N1. The number of halogens is 1. The minimum atomic E-state index is -0.623. The van der Waals surface area contributed by atoms with Crippen LogP contribution < -0.4 is 10.6 Å². The van der Waals surface area contributed by atoms with Crippen molar-refractivity contribution in [1.82, 2.24) is 10.6 Å². The van der Waals surface area contributed by atoms with Crippen molar-refractivity contribution in [3.63, 3.8) is 0 Å². The second kappa shape index (κ2) is 2.23. The predicted molar refractivity (Wildman–Crippen MR) is 31.2 cm³/mol. The van der Waals surface area contributed by atoms with E-state index in [1.165, 1.54) is 0 Å². The van der Waals surface area contributed by atoms with Gasteiger partial charge in [0.1, 0.15) is 5.38 Å². The van der Waals surface area contributed by atoms with E-state index < -0.39 is 17.3 Å². The van der Waals surface area contributed by atoms with Crippen LogP contribution in [0.1, 0.15) is 0 Å². The van der Waals surface area contributed by atoms with Crippen LogP contribution in [0.3, 0.4) is 0 Å². The standard InChI is InChI=1S/C4H5ClN2O2/c5-2-1-6-4(9)7-3(2)8/h2H,1H2,(H2,6,7,8,9)/t2-/m1/s1. The van der Waals surface area contributed by atoms with Gasteiger partial charge < -0.3 is 5.32 Å². The molecule has 0 radical (unpaired) electrons. The second-order valence-electron chi connectivity index (χ2n) is 1.67. The van der Waals surface area contributed by atoms with Gasteiger partial charge in [-0.1, -0.05) is 0 Å². The molecule has 1 atom stereocenters. The third-order valence-corrected chi connectivity index (χ3v) is 1.32. The molecule has 0 aliphatic carbocycles. The summed E-state index contributed by atoms with van der Waals surface area (Å²) in [7, 11) is 0. The van der Waals surface area contributed by atoms with Gasteiger partial charge in [-0.3, -0.25) is 10.1 Å². The molecule has 0 aromatic carbocycles. The average Bonchev–Trinajstić information content (AvgIpc) is 1.80.